The standard InChI is InChI=1S/C60H107ClN14O18/c1-6-8-9-10-11-12-13-15-18-23-37(77)32-46(80)66-43-35-93-60(92)48(44(78)34-61)73-51(82)38(7-2)67-57(88)47(36(3)76)72-54(85)41(26-29-64)70-58(89)49(50(81)59(90)91)74-53(84)39(24-19-20-27-62)68-55(86)42(71-52(83)40(25-28-63)69-56(43)87)33-45(79)65-30-21-16-14-17-22-31-75(4)5/h7,36-37,39-44,47-50,76-78,81H,6,8-35,62-64H2,1-5H3,(H,65,79)(H,66,80)(H,67,88)(H,68,86)(H,69,87)(H,70,89)(H,71,83)(H,72,85)(H,73,82)(H,74,84)(H,90,91)/b38-7+/t36-,37+,39?,40?,41-,42-,43?,44+,47?,48?,49?,50-/m0/s1. The van der Waals surface area contributed by atoms with E-state index in [1.165, 1.54) is 6.92 Å². The van der Waals surface area contributed by atoms with Gasteiger partial charge in [-0.1, -0.05) is 90.0 Å². The maximum Gasteiger partial charge on any atom is 0.335 e. The first kappa shape index (κ1) is 84.4. The van der Waals surface area contributed by atoms with E-state index in [0.29, 0.717) is 12.8 Å². The number of hydrogen-bond acceptors (Lipinski definition) is 21. The number of nitrogens with one attached hydrogen (secondary N) is 10. The van der Waals surface area contributed by atoms with E-state index in [0.717, 1.165) is 96.6 Å². The Labute approximate surface area is 549 Å². The molecule has 32 nitrogen and oxygen atoms in total. The van der Waals surface area contributed by atoms with Crippen molar-refractivity contribution in [1.29, 1.82) is 0 Å². The Hall–Kier alpha value is -6.65. The van der Waals surface area contributed by atoms with Crippen LogP contribution in [0.4, 0.5) is 0 Å². The summed E-state index contributed by atoms with van der Waals surface area (Å²) in [5, 5.41) is 76.6. The van der Waals surface area contributed by atoms with E-state index in [1.54, 1.807) is 0 Å². The van der Waals surface area contributed by atoms with E-state index in [1.807, 2.05) is 14.1 Å². The molecule has 0 aromatic carbocycles. The molecule has 1 fully saturated rings. The fourth-order valence-electron chi connectivity index (χ4n) is 9.62. The number of aliphatic carboxylic acids is 1. The van der Waals surface area contributed by atoms with Crippen molar-refractivity contribution >= 4 is 82.6 Å². The molecule has 10 amide bonds. The van der Waals surface area contributed by atoms with Gasteiger partial charge in [-0.25, -0.2) is 9.59 Å². The number of amides is 10. The van der Waals surface area contributed by atoms with Gasteiger partial charge in [-0.05, 0) is 105 Å². The topological polar surface area (TPSA) is 517 Å². The molecule has 0 aromatic heterocycles. The molecule has 1 aliphatic rings. The van der Waals surface area contributed by atoms with E-state index in [9.17, 15) is 83.1 Å². The average molecular weight is 1350 g/mol. The minimum atomic E-state index is -2.75. The average Bonchev–Trinajstić information content (AvgIpc) is 0.925. The fourth-order valence-corrected chi connectivity index (χ4v) is 9.80. The number of nitrogens with zero attached hydrogens (tertiary/aromatic N) is 1. The number of hydrogen-bond donors (Lipinski definition) is 18. The number of carboxylic acids is 1. The van der Waals surface area contributed by atoms with Gasteiger partial charge in [0.25, 0.3) is 5.91 Å². The first-order chi connectivity index (χ1) is 44.2. The Morgan fingerprint density at radius 3 is 1.68 bits per heavy atom. The number of esters is 1. The number of aliphatic hydroxyl groups excluding tert-OH is 4. The molecule has 12 atom stereocenters. The van der Waals surface area contributed by atoms with Crippen LogP contribution in [-0.4, -0.2) is 233 Å². The number of halogens is 1. The number of carboxylic acid groups (broad SMARTS) is 1. The van der Waals surface area contributed by atoms with Gasteiger partial charge in [-0.3, -0.25) is 47.9 Å². The highest BCUT2D eigenvalue weighted by Gasteiger charge is 2.40. The Kier molecular flexibility index (Phi) is 43.6. The predicted molar refractivity (Wildman–Crippen MR) is 342 cm³/mol. The molecular formula is C60H107ClN14O18. The number of nitrogens with two attached hydrogens (primary N) is 3. The number of ether oxygens (including phenoxy) is 1. The molecule has 1 heterocycles. The summed E-state index contributed by atoms with van der Waals surface area (Å²) in [6.07, 6.45) is 4.25. The quantitative estimate of drug-likeness (QED) is 0.0125. The molecule has 21 N–H and O–H groups in total. The molecule has 0 spiro atoms. The molecular weight excluding hydrogens is 1240 g/mol. The summed E-state index contributed by atoms with van der Waals surface area (Å²) in [6, 6.07) is -15.6. The van der Waals surface area contributed by atoms with Gasteiger partial charge in [0, 0.05) is 6.54 Å². The lowest BCUT2D eigenvalue weighted by Gasteiger charge is -2.29. The molecule has 93 heavy (non-hydrogen) atoms. The second kappa shape index (κ2) is 48.1. The van der Waals surface area contributed by atoms with Crippen molar-refractivity contribution in [2.24, 2.45) is 17.2 Å². The zero-order valence-electron chi connectivity index (χ0n) is 54.6. The van der Waals surface area contributed by atoms with Gasteiger partial charge in [0.05, 0.1) is 37.0 Å². The smallest absolute Gasteiger partial charge is 0.335 e. The maximum absolute atomic E-state index is 14.6. The fraction of sp³-hybridized carbons (Fsp3) is 0.767. The van der Waals surface area contributed by atoms with Crippen LogP contribution in [0.2, 0.25) is 0 Å². The third kappa shape index (κ3) is 34.4. The van der Waals surface area contributed by atoms with E-state index in [-0.39, 0.29) is 51.9 Å². The molecule has 532 valence electrons. The van der Waals surface area contributed by atoms with Crippen LogP contribution in [0, 0.1) is 0 Å². The number of allylic oxidation sites excluding steroid dienone is 1. The van der Waals surface area contributed by atoms with E-state index in [4.69, 9.17) is 33.5 Å². The molecule has 1 saturated heterocycles. The molecule has 0 bridgehead atoms. The Morgan fingerprint density at radius 2 is 1.13 bits per heavy atom. The number of carbonyl (C=O) groups excluding carboxylic acids is 11. The SMILES string of the molecule is C/C=C1/NC(=O)C([C@H](C)O)NC(=O)[C@H](CCN)NC(=O)C([C@H](O)C(=O)O)NC(=O)C(CCCCN)NC(=O)[C@H](CC(=O)NCCCCCCCN(C)C)NC(=O)C(CCN)NC(=O)C(NC(=O)C[C@H](O)CCCCCCCCCCC)COC(=O)C([C@H](O)CCl)NC1=O. The molecule has 1 rings (SSSR count). The van der Waals surface area contributed by atoms with Gasteiger partial charge in [-0.15, -0.1) is 11.6 Å². The van der Waals surface area contributed by atoms with Crippen LogP contribution in [0.1, 0.15) is 162 Å². The Balaban J connectivity index is 4.11. The van der Waals surface area contributed by atoms with Crippen LogP contribution < -0.4 is 70.4 Å². The summed E-state index contributed by atoms with van der Waals surface area (Å²) in [4.78, 5) is 169. The van der Waals surface area contributed by atoms with Crippen LogP contribution in [0.5, 0.6) is 0 Å². The van der Waals surface area contributed by atoms with Crippen molar-refractivity contribution in [3.63, 3.8) is 0 Å². The zero-order chi connectivity index (χ0) is 70.0. The van der Waals surface area contributed by atoms with Crippen LogP contribution in [-0.2, 0) is 62.3 Å². The first-order valence-corrected chi connectivity index (χ1v) is 32.8. The summed E-state index contributed by atoms with van der Waals surface area (Å²) in [6.45, 7) is 3.76. The number of unbranched alkanes of at least 4 members (excludes halogenated alkanes) is 13. The molecule has 1 aliphatic heterocycles. The predicted octanol–water partition coefficient (Wildman–Crippen LogP) is -3.62. The molecule has 0 aliphatic carbocycles. The number of carbonyl (C=O) groups is 12. The Morgan fingerprint density at radius 1 is 0.613 bits per heavy atom. The zero-order valence-corrected chi connectivity index (χ0v) is 55.4. The molecule has 0 radical (unpaired) electrons. The second-order valence-electron chi connectivity index (χ2n) is 23.4. The lowest BCUT2D eigenvalue weighted by molar-refractivity contribution is -0.153. The van der Waals surface area contributed by atoms with Gasteiger partial charge in [0.1, 0.15) is 54.6 Å². The highest BCUT2D eigenvalue weighted by molar-refractivity contribution is 6.18. The second-order valence-corrected chi connectivity index (χ2v) is 23.7. The Bertz CT molecular complexity index is 2390. The molecule has 33 heteroatoms. The van der Waals surface area contributed by atoms with Crippen LogP contribution in [0.3, 0.4) is 0 Å². The van der Waals surface area contributed by atoms with Crippen molar-refractivity contribution in [3.8, 4) is 0 Å². The summed E-state index contributed by atoms with van der Waals surface area (Å²) < 4.78 is 5.43. The highest BCUT2D eigenvalue weighted by Crippen LogP contribution is 2.14. The van der Waals surface area contributed by atoms with Gasteiger partial charge in [0.2, 0.25) is 53.2 Å². The van der Waals surface area contributed by atoms with Crippen LogP contribution in [0.25, 0.3) is 0 Å². The normalized spacial score (nSPS) is 23.2. The van der Waals surface area contributed by atoms with E-state index < -0.39 is 188 Å². The lowest BCUT2D eigenvalue weighted by atomic mass is 10.0. The number of aliphatic hydroxyl groups is 4. The monoisotopic (exact) mass is 1350 g/mol. The van der Waals surface area contributed by atoms with Crippen molar-refractivity contribution in [3.05, 3.63) is 11.8 Å². The number of rotatable bonds is 36. The van der Waals surface area contributed by atoms with Gasteiger partial charge in [-0.2, -0.15) is 0 Å². The third-order valence-corrected chi connectivity index (χ3v) is 15.4. The number of alkyl halides is 1. The summed E-state index contributed by atoms with van der Waals surface area (Å²) >= 11 is 5.95. The molecule has 0 saturated carbocycles. The summed E-state index contributed by atoms with van der Waals surface area (Å²) in [7, 11) is 3.92. The van der Waals surface area contributed by atoms with Crippen molar-refractivity contribution in [1.82, 2.24) is 58.1 Å². The van der Waals surface area contributed by atoms with Gasteiger partial charge < -0.3 is 106 Å². The molecule has 6 unspecified atom stereocenters. The van der Waals surface area contributed by atoms with Crippen molar-refractivity contribution < 1.29 is 87.8 Å². The van der Waals surface area contributed by atoms with Gasteiger partial charge in [0.15, 0.2) is 12.1 Å². The minimum Gasteiger partial charge on any atom is -0.479 e. The maximum atomic E-state index is 14.6. The summed E-state index contributed by atoms with van der Waals surface area (Å²) in [5.74, 6) is -16.2. The van der Waals surface area contributed by atoms with E-state index in [2.05, 4.69) is 65.0 Å². The largest absolute Gasteiger partial charge is 0.479 e. The number of cyclic esters (lactones) is 1. The highest BCUT2D eigenvalue weighted by atomic mass is 35.5. The molecule has 0 aromatic rings. The lowest BCUT2D eigenvalue weighted by Crippen LogP contribution is -2.63. The summed E-state index contributed by atoms with van der Waals surface area (Å²) in [5.41, 5.74) is 16.8. The first-order valence-electron chi connectivity index (χ1n) is 32.3. The van der Waals surface area contributed by atoms with Crippen LogP contribution in [0.15, 0.2) is 11.8 Å². The van der Waals surface area contributed by atoms with Crippen molar-refractivity contribution in [2.75, 3.05) is 59.3 Å². The van der Waals surface area contributed by atoms with E-state index >= 15 is 0 Å². The minimum absolute atomic E-state index is 0.0776. The van der Waals surface area contributed by atoms with Gasteiger partial charge >= 0.3 is 11.9 Å². The van der Waals surface area contributed by atoms with Crippen LogP contribution >= 0.6 is 11.6 Å². The third-order valence-electron chi connectivity index (χ3n) is 15.1. The van der Waals surface area contributed by atoms with Crippen molar-refractivity contribution in [2.45, 2.75) is 235 Å².